The van der Waals surface area contributed by atoms with E-state index in [-0.39, 0.29) is 17.7 Å². The van der Waals surface area contributed by atoms with Crippen LogP contribution in [0.2, 0.25) is 0 Å². The fourth-order valence-electron chi connectivity index (χ4n) is 2.59. The fraction of sp³-hybridized carbons (Fsp3) is 0.533. The molecule has 0 aromatic heterocycles. The van der Waals surface area contributed by atoms with Gasteiger partial charge in [-0.2, -0.15) is 0 Å². The Morgan fingerprint density at radius 2 is 1.86 bits per heavy atom. The van der Waals surface area contributed by atoms with Crippen molar-refractivity contribution in [2.24, 2.45) is 0 Å². The average Bonchev–Trinajstić information content (AvgIpc) is 2.47. The minimum absolute atomic E-state index is 0.0325. The minimum atomic E-state index is -3.19. The van der Waals surface area contributed by atoms with Crippen molar-refractivity contribution in [3.05, 3.63) is 29.8 Å². The zero-order valence-electron chi connectivity index (χ0n) is 12.8. The van der Waals surface area contributed by atoms with Gasteiger partial charge in [0.25, 0.3) is 5.91 Å². The molecular formula is C15H23N3O3S. The van der Waals surface area contributed by atoms with Gasteiger partial charge in [0.1, 0.15) is 0 Å². The summed E-state index contributed by atoms with van der Waals surface area (Å²) >= 11 is 0. The van der Waals surface area contributed by atoms with Crippen molar-refractivity contribution in [3.63, 3.8) is 0 Å². The summed E-state index contributed by atoms with van der Waals surface area (Å²) in [6.45, 7) is 2.96. The van der Waals surface area contributed by atoms with Gasteiger partial charge in [0, 0.05) is 30.4 Å². The van der Waals surface area contributed by atoms with Crippen LogP contribution in [0.4, 0.5) is 5.69 Å². The molecule has 0 saturated carbocycles. The van der Waals surface area contributed by atoms with Gasteiger partial charge in [0.15, 0.2) is 0 Å². The van der Waals surface area contributed by atoms with Gasteiger partial charge in [-0.05, 0) is 43.5 Å². The second-order valence-electron chi connectivity index (χ2n) is 5.63. The number of carbonyl (C=O) groups excluding carboxylic acids is 1. The van der Waals surface area contributed by atoms with Gasteiger partial charge in [0.2, 0.25) is 10.0 Å². The molecule has 22 heavy (non-hydrogen) atoms. The molecule has 1 amide bonds. The quantitative estimate of drug-likeness (QED) is 0.796. The van der Waals surface area contributed by atoms with Gasteiger partial charge in [-0.3, -0.25) is 4.79 Å². The first-order valence-electron chi connectivity index (χ1n) is 7.56. The Morgan fingerprint density at radius 1 is 1.27 bits per heavy atom. The highest BCUT2D eigenvalue weighted by atomic mass is 32.2. The van der Waals surface area contributed by atoms with Gasteiger partial charge in [-0.25, -0.2) is 13.1 Å². The van der Waals surface area contributed by atoms with Crippen LogP contribution < -0.4 is 10.5 Å². The average molecular weight is 325 g/mol. The Hall–Kier alpha value is -1.60. The van der Waals surface area contributed by atoms with E-state index in [4.69, 9.17) is 5.73 Å². The minimum Gasteiger partial charge on any atom is -0.399 e. The van der Waals surface area contributed by atoms with E-state index in [1.807, 2.05) is 6.92 Å². The predicted molar refractivity (Wildman–Crippen MR) is 87.0 cm³/mol. The number of nitrogens with two attached hydrogens (primary N) is 1. The molecular weight excluding hydrogens is 302 g/mol. The highest BCUT2D eigenvalue weighted by molar-refractivity contribution is 7.89. The summed E-state index contributed by atoms with van der Waals surface area (Å²) in [5.41, 5.74) is 6.85. The number of anilines is 1. The zero-order chi connectivity index (χ0) is 16.2. The maximum atomic E-state index is 12.4. The number of likely N-dealkylation sites (tertiary alicyclic amines) is 1. The lowest BCUT2D eigenvalue weighted by Gasteiger charge is -2.32. The molecule has 2 rings (SSSR count). The molecule has 1 heterocycles. The van der Waals surface area contributed by atoms with Crippen molar-refractivity contribution < 1.29 is 13.2 Å². The second-order valence-corrected chi connectivity index (χ2v) is 7.50. The molecule has 1 aliphatic rings. The molecule has 1 aliphatic heterocycles. The molecule has 122 valence electrons. The van der Waals surface area contributed by atoms with Crippen LogP contribution in [-0.2, 0) is 10.0 Å². The molecule has 3 N–H and O–H groups in total. The summed E-state index contributed by atoms with van der Waals surface area (Å²) in [7, 11) is -3.19. The number of hydrogen-bond donors (Lipinski definition) is 2. The number of benzene rings is 1. The number of sulfonamides is 1. The third-order valence-electron chi connectivity index (χ3n) is 3.76. The van der Waals surface area contributed by atoms with Crippen molar-refractivity contribution >= 4 is 21.6 Å². The van der Waals surface area contributed by atoms with Gasteiger partial charge < -0.3 is 10.6 Å². The largest absolute Gasteiger partial charge is 0.399 e. The number of piperidine rings is 1. The molecule has 0 bridgehead atoms. The van der Waals surface area contributed by atoms with E-state index in [9.17, 15) is 13.2 Å². The molecule has 6 nitrogen and oxygen atoms in total. The normalized spacial score (nSPS) is 16.7. The third kappa shape index (κ3) is 4.45. The Bertz CT molecular complexity index is 605. The monoisotopic (exact) mass is 325 g/mol. The first-order chi connectivity index (χ1) is 10.4. The Kier molecular flexibility index (Phi) is 5.42. The van der Waals surface area contributed by atoms with Crippen LogP contribution in [0.1, 0.15) is 36.5 Å². The van der Waals surface area contributed by atoms with Gasteiger partial charge in [-0.1, -0.05) is 6.92 Å². The molecule has 7 heteroatoms. The summed E-state index contributed by atoms with van der Waals surface area (Å²) < 4.78 is 26.2. The van der Waals surface area contributed by atoms with Crippen molar-refractivity contribution in [2.45, 2.75) is 32.2 Å². The van der Waals surface area contributed by atoms with Gasteiger partial charge >= 0.3 is 0 Å². The van der Waals surface area contributed by atoms with E-state index in [0.29, 0.717) is 43.6 Å². The predicted octanol–water partition coefficient (Wildman–Crippen LogP) is 1.20. The lowest BCUT2D eigenvalue weighted by molar-refractivity contribution is 0.0711. The van der Waals surface area contributed by atoms with Crippen molar-refractivity contribution in [3.8, 4) is 0 Å². The number of carbonyl (C=O) groups is 1. The smallest absolute Gasteiger partial charge is 0.253 e. The number of nitrogen functional groups attached to an aromatic ring is 1. The maximum absolute atomic E-state index is 12.4. The standard InChI is InChI=1S/C15H23N3O3S/c1-2-11-22(20,21)17-14-7-9-18(10-8-14)15(19)12-3-5-13(16)6-4-12/h3-6,14,17H,2,7-11,16H2,1H3. The van der Waals surface area contributed by atoms with Crippen LogP contribution >= 0.6 is 0 Å². The summed E-state index contributed by atoms with van der Waals surface area (Å²) in [4.78, 5) is 14.1. The summed E-state index contributed by atoms with van der Waals surface area (Å²) in [5, 5.41) is 0. The van der Waals surface area contributed by atoms with Crippen molar-refractivity contribution in [1.82, 2.24) is 9.62 Å². The molecule has 0 radical (unpaired) electrons. The van der Waals surface area contributed by atoms with E-state index >= 15 is 0 Å². The van der Waals surface area contributed by atoms with Gasteiger partial charge in [-0.15, -0.1) is 0 Å². The Morgan fingerprint density at radius 3 is 2.41 bits per heavy atom. The van der Waals surface area contributed by atoms with Gasteiger partial charge in [0.05, 0.1) is 5.75 Å². The van der Waals surface area contributed by atoms with E-state index in [2.05, 4.69) is 4.72 Å². The number of rotatable bonds is 5. The molecule has 1 aromatic carbocycles. The Balaban J connectivity index is 1.89. The van der Waals surface area contributed by atoms with E-state index in [1.165, 1.54) is 0 Å². The van der Waals surface area contributed by atoms with E-state index in [0.717, 1.165) is 0 Å². The molecule has 0 unspecified atom stereocenters. The number of nitrogens with zero attached hydrogens (tertiary/aromatic N) is 1. The zero-order valence-corrected chi connectivity index (χ0v) is 13.6. The summed E-state index contributed by atoms with van der Waals surface area (Å²) in [5.74, 6) is 0.118. The van der Waals surface area contributed by atoms with E-state index in [1.54, 1.807) is 29.2 Å². The summed E-state index contributed by atoms with van der Waals surface area (Å²) in [6.07, 6.45) is 1.89. The first kappa shape index (κ1) is 16.8. The lowest BCUT2D eigenvalue weighted by Crippen LogP contribution is -2.46. The lowest BCUT2D eigenvalue weighted by atomic mass is 10.0. The topological polar surface area (TPSA) is 92.5 Å². The SMILES string of the molecule is CCCS(=O)(=O)NC1CCN(C(=O)c2ccc(N)cc2)CC1. The number of nitrogens with one attached hydrogen (secondary N) is 1. The molecule has 1 fully saturated rings. The first-order valence-corrected chi connectivity index (χ1v) is 9.21. The Labute approximate surface area is 131 Å². The summed E-state index contributed by atoms with van der Waals surface area (Å²) in [6, 6.07) is 6.77. The number of hydrogen-bond acceptors (Lipinski definition) is 4. The van der Waals surface area contributed by atoms with Crippen LogP contribution in [0, 0.1) is 0 Å². The van der Waals surface area contributed by atoms with Crippen LogP contribution in [0.15, 0.2) is 24.3 Å². The molecule has 1 saturated heterocycles. The molecule has 0 spiro atoms. The van der Waals surface area contributed by atoms with Crippen LogP contribution in [0.5, 0.6) is 0 Å². The molecule has 0 atom stereocenters. The maximum Gasteiger partial charge on any atom is 0.253 e. The van der Waals surface area contributed by atoms with Crippen LogP contribution in [-0.4, -0.2) is 44.1 Å². The number of amides is 1. The molecule has 1 aromatic rings. The van der Waals surface area contributed by atoms with Crippen molar-refractivity contribution in [2.75, 3.05) is 24.6 Å². The van der Waals surface area contributed by atoms with E-state index < -0.39 is 10.0 Å². The highest BCUT2D eigenvalue weighted by Crippen LogP contribution is 2.15. The van der Waals surface area contributed by atoms with Crippen LogP contribution in [0.3, 0.4) is 0 Å². The highest BCUT2D eigenvalue weighted by Gasteiger charge is 2.26. The molecule has 0 aliphatic carbocycles. The third-order valence-corrected chi connectivity index (χ3v) is 5.40. The fourth-order valence-corrected chi connectivity index (χ4v) is 3.99. The van der Waals surface area contributed by atoms with Crippen molar-refractivity contribution in [1.29, 1.82) is 0 Å². The second kappa shape index (κ2) is 7.11. The van der Waals surface area contributed by atoms with Crippen LogP contribution in [0.25, 0.3) is 0 Å².